The van der Waals surface area contributed by atoms with E-state index in [-0.39, 0.29) is 0 Å². The Hall–Kier alpha value is -3.25. The van der Waals surface area contributed by atoms with Gasteiger partial charge in [0.2, 0.25) is 5.88 Å². The van der Waals surface area contributed by atoms with Crippen molar-refractivity contribution in [3.8, 4) is 22.9 Å². The standard InChI is InChI=1S/C25H25N5O/c1-2-20-7-8-21(3-1)30(20)16-19-6-4-17-14-22(9-10-23(17)28-19)31-25-11-5-18(15-26-25)24-12-13-27-29-24/h4-6,9-15,20-21H,1-3,7-8,16H2,(H,27,29)/t20-,21+. The van der Waals surface area contributed by atoms with Gasteiger partial charge in [0.05, 0.1) is 16.9 Å². The molecular weight excluding hydrogens is 386 g/mol. The summed E-state index contributed by atoms with van der Waals surface area (Å²) >= 11 is 0. The lowest BCUT2D eigenvalue weighted by Gasteiger charge is -2.34. The van der Waals surface area contributed by atoms with Crippen LogP contribution >= 0.6 is 0 Å². The Kier molecular flexibility index (Phi) is 4.65. The number of aromatic nitrogens is 4. The first-order valence-corrected chi connectivity index (χ1v) is 11.1. The number of pyridine rings is 2. The van der Waals surface area contributed by atoms with Crippen LogP contribution in [-0.4, -0.2) is 37.1 Å². The van der Waals surface area contributed by atoms with Crippen molar-refractivity contribution >= 4 is 10.9 Å². The quantitative estimate of drug-likeness (QED) is 0.481. The van der Waals surface area contributed by atoms with Crippen LogP contribution in [0.5, 0.6) is 11.6 Å². The molecular formula is C25H25N5O. The number of rotatable bonds is 5. The van der Waals surface area contributed by atoms with Crippen LogP contribution in [0, 0.1) is 0 Å². The van der Waals surface area contributed by atoms with Gasteiger partial charge in [0.1, 0.15) is 5.75 Å². The molecule has 2 fully saturated rings. The van der Waals surface area contributed by atoms with Crippen LogP contribution in [0.25, 0.3) is 22.2 Å². The third kappa shape index (κ3) is 3.68. The first-order chi connectivity index (χ1) is 15.3. The lowest BCUT2D eigenvalue weighted by Crippen LogP contribution is -2.39. The Morgan fingerprint density at radius 2 is 1.87 bits per heavy atom. The van der Waals surface area contributed by atoms with E-state index in [1.807, 2.05) is 36.4 Å². The van der Waals surface area contributed by atoms with E-state index in [4.69, 9.17) is 9.72 Å². The highest BCUT2D eigenvalue weighted by molar-refractivity contribution is 5.80. The molecule has 2 bridgehead atoms. The van der Waals surface area contributed by atoms with Crippen molar-refractivity contribution in [1.82, 2.24) is 25.1 Å². The highest BCUT2D eigenvalue weighted by Crippen LogP contribution is 2.36. The van der Waals surface area contributed by atoms with E-state index in [0.29, 0.717) is 5.88 Å². The summed E-state index contributed by atoms with van der Waals surface area (Å²) < 4.78 is 5.97. The SMILES string of the molecule is c1cc(-c2ccc(Oc3ccc4nc(CN5[C@@H]6CCC[C@H]5CC6)ccc4c3)nc2)[nH]n1. The van der Waals surface area contributed by atoms with E-state index in [2.05, 4.69) is 32.2 Å². The summed E-state index contributed by atoms with van der Waals surface area (Å²) in [4.78, 5) is 12.0. The zero-order valence-electron chi connectivity index (χ0n) is 17.4. The second-order valence-corrected chi connectivity index (χ2v) is 8.60. The molecule has 0 aliphatic carbocycles. The molecule has 4 aromatic rings. The molecule has 6 heteroatoms. The van der Waals surface area contributed by atoms with Gasteiger partial charge in [0, 0.05) is 48.0 Å². The van der Waals surface area contributed by atoms with Crippen molar-refractivity contribution in [2.45, 2.75) is 50.7 Å². The average molecular weight is 412 g/mol. The smallest absolute Gasteiger partial charge is 0.219 e. The number of aromatic amines is 1. The maximum atomic E-state index is 5.97. The van der Waals surface area contributed by atoms with Crippen molar-refractivity contribution < 1.29 is 4.74 Å². The molecule has 2 aliphatic rings. The Bertz CT molecular complexity index is 1170. The minimum atomic E-state index is 0.563. The van der Waals surface area contributed by atoms with Gasteiger partial charge in [-0.15, -0.1) is 0 Å². The van der Waals surface area contributed by atoms with E-state index in [9.17, 15) is 0 Å². The third-order valence-electron chi connectivity index (χ3n) is 6.68. The van der Waals surface area contributed by atoms with Gasteiger partial charge in [-0.2, -0.15) is 5.10 Å². The fourth-order valence-corrected chi connectivity index (χ4v) is 5.10. The van der Waals surface area contributed by atoms with Gasteiger partial charge in [-0.3, -0.25) is 15.0 Å². The van der Waals surface area contributed by atoms with Gasteiger partial charge in [-0.1, -0.05) is 12.5 Å². The summed E-state index contributed by atoms with van der Waals surface area (Å²) in [7, 11) is 0. The van der Waals surface area contributed by atoms with Crippen LogP contribution in [0.1, 0.15) is 37.8 Å². The lowest BCUT2D eigenvalue weighted by molar-refractivity contribution is 0.130. The first-order valence-electron chi connectivity index (χ1n) is 11.1. The van der Waals surface area contributed by atoms with Crippen LogP contribution in [0.15, 0.2) is 60.9 Å². The first kappa shape index (κ1) is 18.5. The van der Waals surface area contributed by atoms with Crippen molar-refractivity contribution in [2.24, 2.45) is 0 Å². The van der Waals surface area contributed by atoms with Crippen molar-refractivity contribution in [1.29, 1.82) is 0 Å². The van der Waals surface area contributed by atoms with Gasteiger partial charge in [0.25, 0.3) is 0 Å². The highest BCUT2D eigenvalue weighted by atomic mass is 16.5. The molecule has 5 heterocycles. The fraction of sp³-hybridized carbons (Fsp3) is 0.320. The van der Waals surface area contributed by atoms with Crippen LogP contribution in [0.2, 0.25) is 0 Å². The molecule has 0 unspecified atom stereocenters. The lowest BCUT2D eigenvalue weighted by atomic mass is 10.0. The molecule has 1 N–H and O–H groups in total. The summed E-state index contributed by atoms with van der Waals surface area (Å²) in [5.74, 6) is 1.32. The molecule has 2 atom stereocenters. The second-order valence-electron chi connectivity index (χ2n) is 8.60. The summed E-state index contributed by atoms with van der Waals surface area (Å²) in [5, 5.41) is 8.00. The van der Waals surface area contributed by atoms with Crippen molar-refractivity contribution in [3.63, 3.8) is 0 Å². The molecule has 0 saturated carbocycles. The van der Waals surface area contributed by atoms with Crippen LogP contribution in [0.4, 0.5) is 0 Å². The summed E-state index contributed by atoms with van der Waals surface area (Å²) in [6, 6.07) is 17.6. The highest BCUT2D eigenvalue weighted by Gasteiger charge is 2.36. The predicted octanol–water partition coefficient (Wildman–Crippen LogP) is 5.33. The number of ether oxygens (including phenoxy) is 1. The second kappa shape index (κ2) is 7.78. The summed E-state index contributed by atoms with van der Waals surface area (Å²) in [6.07, 6.45) is 10.3. The maximum absolute atomic E-state index is 5.97. The molecule has 6 rings (SSSR count). The number of nitrogens with one attached hydrogen (secondary N) is 1. The zero-order valence-corrected chi connectivity index (χ0v) is 17.4. The average Bonchev–Trinajstić information content (AvgIpc) is 3.40. The summed E-state index contributed by atoms with van der Waals surface area (Å²) in [6.45, 7) is 0.968. The molecule has 0 spiro atoms. The van der Waals surface area contributed by atoms with E-state index in [1.165, 1.54) is 32.1 Å². The third-order valence-corrected chi connectivity index (χ3v) is 6.68. The van der Waals surface area contributed by atoms with E-state index >= 15 is 0 Å². The molecule has 2 saturated heterocycles. The molecule has 6 nitrogen and oxygen atoms in total. The van der Waals surface area contributed by atoms with Crippen LogP contribution in [0.3, 0.4) is 0 Å². The van der Waals surface area contributed by atoms with E-state index in [1.54, 1.807) is 12.4 Å². The Labute approximate surface area is 181 Å². The molecule has 0 radical (unpaired) electrons. The monoisotopic (exact) mass is 411 g/mol. The van der Waals surface area contributed by atoms with Crippen molar-refractivity contribution in [2.75, 3.05) is 0 Å². The number of hydrogen-bond donors (Lipinski definition) is 1. The normalized spacial score (nSPS) is 20.9. The Balaban J connectivity index is 1.18. The molecule has 31 heavy (non-hydrogen) atoms. The molecule has 1 aromatic carbocycles. The number of nitrogens with zero attached hydrogens (tertiary/aromatic N) is 4. The van der Waals surface area contributed by atoms with Crippen LogP contribution in [-0.2, 0) is 6.54 Å². The fourth-order valence-electron chi connectivity index (χ4n) is 5.10. The Morgan fingerprint density at radius 1 is 0.968 bits per heavy atom. The minimum absolute atomic E-state index is 0.563. The number of piperidine rings is 1. The molecule has 156 valence electrons. The molecule has 3 aromatic heterocycles. The van der Waals surface area contributed by atoms with E-state index < -0.39 is 0 Å². The molecule has 0 amide bonds. The van der Waals surface area contributed by atoms with Crippen molar-refractivity contribution in [3.05, 3.63) is 66.6 Å². The topological polar surface area (TPSA) is 66.9 Å². The van der Waals surface area contributed by atoms with Gasteiger partial charge in [0.15, 0.2) is 0 Å². The maximum Gasteiger partial charge on any atom is 0.219 e. The Morgan fingerprint density at radius 3 is 2.65 bits per heavy atom. The van der Waals surface area contributed by atoms with E-state index in [0.717, 1.165) is 52.2 Å². The summed E-state index contributed by atoms with van der Waals surface area (Å²) in [5.41, 5.74) is 4.08. The minimum Gasteiger partial charge on any atom is -0.439 e. The number of fused-ring (bicyclic) bond motifs is 3. The van der Waals surface area contributed by atoms with Crippen LogP contribution < -0.4 is 4.74 Å². The predicted molar refractivity (Wildman–Crippen MR) is 120 cm³/mol. The van der Waals surface area contributed by atoms with Gasteiger partial charge >= 0.3 is 0 Å². The largest absolute Gasteiger partial charge is 0.439 e. The van der Waals surface area contributed by atoms with Gasteiger partial charge in [-0.05, 0) is 62.1 Å². The number of hydrogen-bond acceptors (Lipinski definition) is 5. The number of H-pyrrole nitrogens is 1. The number of benzene rings is 1. The zero-order chi connectivity index (χ0) is 20.6. The van der Waals surface area contributed by atoms with Gasteiger partial charge < -0.3 is 4.74 Å². The van der Waals surface area contributed by atoms with Gasteiger partial charge in [-0.25, -0.2) is 4.98 Å². The molecule has 2 aliphatic heterocycles.